The number of methoxy groups -OCH3 is 1. The van der Waals surface area contributed by atoms with Crippen LogP contribution in [0.15, 0.2) is 24.3 Å². The number of likely N-dealkylation sites (tertiary alicyclic amines) is 1. The van der Waals surface area contributed by atoms with Crippen LogP contribution in [0.3, 0.4) is 0 Å². The first-order chi connectivity index (χ1) is 12.1. The Morgan fingerprint density at radius 2 is 1.96 bits per heavy atom. The van der Waals surface area contributed by atoms with Crippen molar-refractivity contribution in [3.8, 4) is 5.75 Å². The van der Waals surface area contributed by atoms with Crippen molar-refractivity contribution >= 4 is 6.03 Å². The van der Waals surface area contributed by atoms with Gasteiger partial charge in [-0.25, -0.2) is 4.79 Å². The second-order valence-electron chi connectivity index (χ2n) is 7.37. The molecular formula is C20H33N3O2. The van der Waals surface area contributed by atoms with Gasteiger partial charge in [-0.05, 0) is 55.3 Å². The van der Waals surface area contributed by atoms with Crippen LogP contribution in [0.5, 0.6) is 5.75 Å². The Balaban J connectivity index is 1.55. The molecule has 0 aliphatic carbocycles. The standard InChI is InChI=1S/C20H33N3O2/c1-16-11-17(2)15-23(14-16)10-5-4-9-21-20(24)22-13-18-7-6-8-19(12-18)25-3/h6-8,12,16-17H,4-5,9-11,13-15H2,1-3H3,(H2,21,22,24)/t16-,17-/m1/s1. The van der Waals surface area contributed by atoms with Crippen molar-refractivity contribution in [3.63, 3.8) is 0 Å². The number of nitrogens with one attached hydrogen (secondary N) is 2. The van der Waals surface area contributed by atoms with Crippen molar-refractivity contribution in [2.45, 2.75) is 39.7 Å². The number of carbonyl (C=O) groups is 1. The number of piperidine rings is 1. The number of ether oxygens (including phenoxy) is 1. The maximum absolute atomic E-state index is 11.9. The van der Waals surface area contributed by atoms with E-state index < -0.39 is 0 Å². The average Bonchev–Trinajstić information content (AvgIpc) is 2.59. The zero-order valence-electron chi connectivity index (χ0n) is 15.9. The van der Waals surface area contributed by atoms with E-state index in [0.717, 1.165) is 49.1 Å². The van der Waals surface area contributed by atoms with Crippen molar-refractivity contribution in [3.05, 3.63) is 29.8 Å². The first-order valence-electron chi connectivity index (χ1n) is 9.43. The van der Waals surface area contributed by atoms with E-state index >= 15 is 0 Å². The molecule has 2 atom stereocenters. The van der Waals surface area contributed by atoms with E-state index in [9.17, 15) is 4.79 Å². The summed E-state index contributed by atoms with van der Waals surface area (Å²) in [6, 6.07) is 7.62. The van der Waals surface area contributed by atoms with Gasteiger partial charge in [-0.2, -0.15) is 0 Å². The van der Waals surface area contributed by atoms with Gasteiger partial charge in [0.05, 0.1) is 7.11 Å². The molecule has 0 bridgehead atoms. The highest BCUT2D eigenvalue weighted by Crippen LogP contribution is 2.20. The molecule has 1 aromatic rings. The molecule has 1 aliphatic heterocycles. The van der Waals surface area contributed by atoms with Crippen LogP contribution in [0.2, 0.25) is 0 Å². The number of urea groups is 1. The number of amides is 2. The number of rotatable bonds is 8. The first-order valence-corrected chi connectivity index (χ1v) is 9.43. The Morgan fingerprint density at radius 3 is 2.68 bits per heavy atom. The smallest absolute Gasteiger partial charge is 0.315 e. The summed E-state index contributed by atoms with van der Waals surface area (Å²) >= 11 is 0. The van der Waals surface area contributed by atoms with Crippen LogP contribution in [-0.4, -0.2) is 44.2 Å². The quantitative estimate of drug-likeness (QED) is 0.710. The minimum atomic E-state index is -0.108. The highest BCUT2D eigenvalue weighted by atomic mass is 16.5. The first kappa shape index (κ1) is 19.6. The minimum absolute atomic E-state index is 0.108. The van der Waals surface area contributed by atoms with Crippen LogP contribution in [0.1, 0.15) is 38.7 Å². The number of benzene rings is 1. The maximum Gasteiger partial charge on any atom is 0.315 e. The summed E-state index contributed by atoms with van der Waals surface area (Å²) in [6.07, 6.45) is 3.51. The third-order valence-corrected chi connectivity index (χ3v) is 4.72. The number of nitrogens with zero attached hydrogens (tertiary/aromatic N) is 1. The fourth-order valence-corrected chi connectivity index (χ4v) is 3.66. The highest BCUT2D eigenvalue weighted by Gasteiger charge is 2.20. The summed E-state index contributed by atoms with van der Waals surface area (Å²) in [5.74, 6) is 2.43. The molecule has 25 heavy (non-hydrogen) atoms. The average molecular weight is 348 g/mol. The van der Waals surface area contributed by atoms with E-state index in [2.05, 4.69) is 29.4 Å². The van der Waals surface area contributed by atoms with Crippen LogP contribution in [-0.2, 0) is 6.54 Å². The van der Waals surface area contributed by atoms with Gasteiger partial charge in [0.2, 0.25) is 0 Å². The third-order valence-electron chi connectivity index (χ3n) is 4.72. The lowest BCUT2D eigenvalue weighted by Gasteiger charge is -2.34. The Bertz CT molecular complexity index is 525. The molecule has 1 aliphatic rings. The van der Waals surface area contributed by atoms with E-state index in [1.54, 1.807) is 7.11 Å². The number of carbonyl (C=O) groups excluding carboxylic acids is 1. The van der Waals surface area contributed by atoms with Crippen LogP contribution < -0.4 is 15.4 Å². The molecule has 2 rings (SSSR count). The molecule has 0 radical (unpaired) electrons. The van der Waals surface area contributed by atoms with Crippen LogP contribution >= 0.6 is 0 Å². The van der Waals surface area contributed by atoms with Gasteiger partial charge >= 0.3 is 6.03 Å². The zero-order chi connectivity index (χ0) is 18.1. The normalized spacial score (nSPS) is 20.9. The Kier molecular flexibility index (Phi) is 8.06. The topological polar surface area (TPSA) is 53.6 Å². The molecule has 1 fully saturated rings. The molecule has 0 unspecified atom stereocenters. The molecule has 2 amide bonds. The summed E-state index contributed by atoms with van der Waals surface area (Å²) in [5, 5.41) is 5.82. The van der Waals surface area contributed by atoms with Crippen molar-refractivity contribution in [1.29, 1.82) is 0 Å². The van der Waals surface area contributed by atoms with Gasteiger partial charge in [0, 0.05) is 26.2 Å². The lowest BCUT2D eigenvalue weighted by molar-refractivity contribution is 0.139. The summed E-state index contributed by atoms with van der Waals surface area (Å²) in [5.41, 5.74) is 1.03. The molecule has 1 heterocycles. The molecule has 140 valence electrons. The van der Waals surface area contributed by atoms with Crippen molar-refractivity contribution in [2.75, 3.05) is 33.3 Å². The van der Waals surface area contributed by atoms with Gasteiger partial charge in [0.25, 0.3) is 0 Å². The molecule has 0 spiro atoms. The Hall–Kier alpha value is -1.75. The van der Waals surface area contributed by atoms with E-state index in [1.165, 1.54) is 19.5 Å². The van der Waals surface area contributed by atoms with E-state index in [0.29, 0.717) is 6.54 Å². The second-order valence-corrected chi connectivity index (χ2v) is 7.37. The summed E-state index contributed by atoms with van der Waals surface area (Å²) < 4.78 is 5.18. The Labute approximate surface area is 152 Å². The van der Waals surface area contributed by atoms with E-state index in [-0.39, 0.29) is 6.03 Å². The van der Waals surface area contributed by atoms with Crippen molar-refractivity contribution in [1.82, 2.24) is 15.5 Å². The lowest BCUT2D eigenvalue weighted by atomic mass is 9.92. The highest BCUT2D eigenvalue weighted by molar-refractivity contribution is 5.73. The third kappa shape index (κ3) is 7.34. The summed E-state index contributed by atoms with van der Waals surface area (Å²) in [6.45, 7) is 9.50. The lowest BCUT2D eigenvalue weighted by Crippen LogP contribution is -2.39. The van der Waals surface area contributed by atoms with Crippen LogP contribution in [0.4, 0.5) is 4.79 Å². The van der Waals surface area contributed by atoms with Gasteiger partial charge in [0.15, 0.2) is 0 Å². The van der Waals surface area contributed by atoms with E-state index in [1.807, 2.05) is 24.3 Å². The monoisotopic (exact) mass is 347 g/mol. The van der Waals surface area contributed by atoms with Gasteiger partial charge in [-0.1, -0.05) is 26.0 Å². The summed E-state index contributed by atoms with van der Waals surface area (Å²) in [4.78, 5) is 14.4. The SMILES string of the molecule is COc1cccc(CNC(=O)NCCCCN2C[C@H](C)C[C@@H](C)C2)c1. The van der Waals surface area contributed by atoms with Gasteiger partial charge < -0.3 is 20.3 Å². The summed E-state index contributed by atoms with van der Waals surface area (Å²) in [7, 11) is 1.64. The maximum atomic E-state index is 11.9. The molecule has 1 aromatic carbocycles. The number of hydrogen-bond donors (Lipinski definition) is 2. The molecular weight excluding hydrogens is 314 g/mol. The Morgan fingerprint density at radius 1 is 1.20 bits per heavy atom. The van der Waals surface area contributed by atoms with Crippen LogP contribution in [0, 0.1) is 11.8 Å². The number of unbranched alkanes of at least 4 members (excludes halogenated alkanes) is 1. The van der Waals surface area contributed by atoms with Gasteiger partial charge in [-0.3, -0.25) is 0 Å². The molecule has 2 N–H and O–H groups in total. The molecule has 5 nitrogen and oxygen atoms in total. The van der Waals surface area contributed by atoms with Gasteiger partial charge in [0.1, 0.15) is 5.75 Å². The molecule has 1 saturated heterocycles. The predicted octanol–water partition coefficient (Wildman–Crippen LogP) is 3.25. The zero-order valence-corrected chi connectivity index (χ0v) is 15.9. The minimum Gasteiger partial charge on any atom is -0.497 e. The number of hydrogen-bond acceptors (Lipinski definition) is 3. The van der Waals surface area contributed by atoms with Crippen LogP contribution in [0.25, 0.3) is 0 Å². The second kappa shape index (κ2) is 10.3. The molecule has 0 aromatic heterocycles. The van der Waals surface area contributed by atoms with Gasteiger partial charge in [-0.15, -0.1) is 0 Å². The fraction of sp³-hybridized carbons (Fsp3) is 0.650. The van der Waals surface area contributed by atoms with E-state index in [4.69, 9.17) is 4.74 Å². The predicted molar refractivity (Wildman–Crippen MR) is 102 cm³/mol. The van der Waals surface area contributed by atoms with Crippen molar-refractivity contribution < 1.29 is 9.53 Å². The molecule has 0 saturated carbocycles. The van der Waals surface area contributed by atoms with Crippen molar-refractivity contribution in [2.24, 2.45) is 11.8 Å². The fourth-order valence-electron chi connectivity index (χ4n) is 3.66. The largest absolute Gasteiger partial charge is 0.497 e. The molecule has 5 heteroatoms.